The molecule has 54 heavy (non-hydrogen) atoms. The van der Waals surface area contributed by atoms with Crippen LogP contribution in [0.25, 0.3) is 43.1 Å². The second-order valence-electron chi connectivity index (χ2n) is 14.4. The highest BCUT2D eigenvalue weighted by molar-refractivity contribution is 6.16. The van der Waals surface area contributed by atoms with Crippen molar-refractivity contribution in [1.29, 1.82) is 0 Å². The van der Waals surface area contributed by atoms with Gasteiger partial charge in [-0.1, -0.05) is 129 Å². The van der Waals surface area contributed by atoms with Gasteiger partial charge >= 0.3 is 0 Å². The maximum atomic E-state index is 2.48. The molecule has 9 aromatic rings. The van der Waals surface area contributed by atoms with Crippen molar-refractivity contribution in [2.75, 3.05) is 9.80 Å². The summed E-state index contributed by atoms with van der Waals surface area (Å²) in [6.07, 6.45) is 1.89. The van der Waals surface area contributed by atoms with E-state index in [0.29, 0.717) is 0 Å². The second-order valence-corrected chi connectivity index (χ2v) is 14.4. The first-order valence-corrected chi connectivity index (χ1v) is 19.2. The zero-order valence-electron chi connectivity index (χ0n) is 31.5. The van der Waals surface area contributed by atoms with E-state index in [4.69, 9.17) is 0 Å². The number of hydrogen-bond donors (Lipinski definition) is 0. The number of benzene rings is 9. The van der Waals surface area contributed by atoms with Gasteiger partial charge in [-0.3, -0.25) is 0 Å². The number of rotatable bonds is 8. The van der Waals surface area contributed by atoms with E-state index in [1.165, 1.54) is 82.4 Å². The van der Waals surface area contributed by atoms with E-state index in [0.717, 1.165) is 29.9 Å². The largest absolute Gasteiger partial charge is 0.310 e. The average Bonchev–Trinajstić information content (AvgIpc) is 3.21. The fraction of sp³-hybridized carbons (Fsp3) is 0.115. The summed E-state index contributed by atoms with van der Waals surface area (Å²) in [5.41, 5.74) is 12.3. The minimum atomic E-state index is 0.942. The van der Waals surface area contributed by atoms with Gasteiger partial charge in [-0.15, -0.1) is 0 Å². The molecule has 9 rings (SSSR count). The van der Waals surface area contributed by atoms with Gasteiger partial charge in [0.15, 0.2) is 0 Å². The van der Waals surface area contributed by atoms with Crippen LogP contribution in [-0.2, 0) is 12.8 Å². The molecule has 0 aliphatic rings. The molecule has 0 aromatic heterocycles. The quantitative estimate of drug-likeness (QED) is 0.146. The van der Waals surface area contributed by atoms with Gasteiger partial charge in [-0.25, -0.2) is 0 Å². The number of aryl methyl sites for hydroxylation is 4. The molecular formula is C52H44N2. The van der Waals surface area contributed by atoms with Crippen LogP contribution in [0.3, 0.4) is 0 Å². The molecule has 0 aliphatic heterocycles. The number of nitrogens with zero attached hydrogens (tertiary/aromatic N) is 2. The second kappa shape index (κ2) is 13.9. The molecule has 0 atom stereocenters. The van der Waals surface area contributed by atoms with Gasteiger partial charge < -0.3 is 9.80 Å². The van der Waals surface area contributed by atoms with Gasteiger partial charge in [-0.05, 0) is 141 Å². The highest BCUT2D eigenvalue weighted by Gasteiger charge is 2.22. The topological polar surface area (TPSA) is 6.48 Å². The Balaban J connectivity index is 1.28. The van der Waals surface area contributed by atoms with E-state index in [9.17, 15) is 0 Å². The van der Waals surface area contributed by atoms with E-state index in [2.05, 4.69) is 207 Å². The van der Waals surface area contributed by atoms with Crippen LogP contribution in [0.1, 0.15) is 36.1 Å². The first-order valence-electron chi connectivity index (χ1n) is 19.2. The molecule has 0 heterocycles. The van der Waals surface area contributed by atoms with Crippen LogP contribution < -0.4 is 9.80 Å². The Morgan fingerprint density at radius 2 is 0.815 bits per heavy atom. The third kappa shape index (κ3) is 5.76. The van der Waals surface area contributed by atoms with Gasteiger partial charge in [0.25, 0.3) is 0 Å². The van der Waals surface area contributed by atoms with Crippen molar-refractivity contribution in [3.8, 4) is 0 Å². The minimum absolute atomic E-state index is 0.942. The van der Waals surface area contributed by atoms with Crippen LogP contribution in [0.15, 0.2) is 170 Å². The van der Waals surface area contributed by atoms with Gasteiger partial charge in [0.2, 0.25) is 0 Å². The molecule has 0 fully saturated rings. The first kappa shape index (κ1) is 33.5. The third-order valence-electron chi connectivity index (χ3n) is 11.2. The molecule has 0 spiro atoms. The van der Waals surface area contributed by atoms with Crippen LogP contribution in [0, 0.1) is 13.8 Å². The molecule has 0 N–H and O–H groups in total. The van der Waals surface area contributed by atoms with E-state index < -0.39 is 0 Å². The molecule has 0 unspecified atom stereocenters. The fourth-order valence-corrected chi connectivity index (χ4v) is 8.43. The standard InChI is InChI=1S/C52H44N2/c1-5-37-17-7-11-23-50(37)53(42-27-29-45-35(3)15-13-19-39(45)31-42)44-26-25-41-33-52(48-22-10-9-21-47(48)49(41)34-44)54(51-24-12-8-18-38(51)6-2)43-28-30-46-36(4)16-14-20-40(46)32-43/h7-34H,5-6H2,1-4H3. The Hall–Kier alpha value is -6.38. The lowest BCUT2D eigenvalue weighted by Crippen LogP contribution is -2.13. The van der Waals surface area contributed by atoms with Crippen LogP contribution in [-0.4, -0.2) is 0 Å². The Bertz CT molecular complexity index is 2850. The monoisotopic (exact) mass is 696 g/mol. The van der Waals surface area contributed by atoms with Crippen molar-refractivity contribution in [1.82, 2.24) is 0 Å². The fourth-order valence-electron chi connectivity index (χ4n) is 8.43. The molecule has 9 aromatic carbocycles. The zero-order valence-corrected chi connectivity index (χ0v) is 31.5. The van der Waals surface area contributed by atoms with Crippen molar-refractivity contribution in [2.45, 2.75) is 40.5 Å². The summed E-state index contributed by atoms with van der Waals surface area (Å²) in [5.74, 6) is 0. The highest BCUT2D eigenvalue weighted by Crippen LogP contribution is 2.46. The number of fused-ring (bicyclic) bond motifs is 5. The van der Waals surface area contributed by atoms with E-state index in [-0.39, 0.29) is 0 Å². The Labute approximate surface area is 318 Å². The summed E-state index contributed by atoms with van der Waals surface area (Å²) in [6, 6.07) is 63.0. The Morgan fingerprint density at radius 1 is 0.333 bits per heavy atom. The van der Waals surface area contributed by atoms with Crippen LogP contribution in [0.2, 0.25) is 0 Å². The predicted octanol–water partition coefficient (Wildman–Crippen LogP) is 15.0. The number of anilines is 6. The molecule has 0 bridgehead atoms. The number of para-hydroxylation sites is 2. The molecule has 0 saturated heterocycles. The van der Waals surface area contributed by atoms with Crippen LogP contribution in [0.4, 0.5) is 34.1 Å². The molecule has 0 amide bonds. The molecular weight excluding hydrogens is 653 g/mol. The summed E-state index contributed by atoms with van der Waals surface area (Å²) < 4.78 is 0. The van der Waals surface area contributed by atoms with Gasteiger partial charge in [0.05, 0.1) is 5.69 Å². The highest BCUT2D eigenvalue weighted by atomic mass is 15.2. The minimum Gasteiger partial charge on any atom is -0.310 e. The molecule has 2 heteroatoms. The zero-order chi connectivity index (χ0) is 36.8. The summed E-state index contributed by atoms with van der Waals surface area (Å²) >= 11 is 0. The first-order chi connectivity index (χ1) is 26.5. The SMILES string of the molecule is CCc1ccccc1N(c1ccc2c(C)cccc2c1)c1ccc2cc(N(c3ccc4c(C)cccc4c3)c3ccccc3CC)c3ccccc3c2c1. The van der Waals surface area contributed by atoms with Crippen LogP contribution >= 0.6 is 0 Å². The predicted molar refractivity (Wildman–Crippen MR) is 234 cm³/mol. The van der Waals surface area contributed by atoms with Crippen LogP contribution in [0.5, 0.6) is 0 Å². The third-order valence-corrected chi connectivity index (χ3v) is 11.2. The average molecular weight is 697 g/mol. The Kier molecular flexibility index (Phi) is 8.60. The van der Waals surface area contributed by atoms with Gasteiger partial charge in [0.1, 0.15) is 0 Å². The molecule has 2 nitrogen and oxygen atoms in total. The van der Waals surface area contributed by atoms with E-state index in [1.807, 2.05) is 0 Å². The van der Waals surface area contributed by atoms with Crippen molar-refractivity contribution in [3.05, 3.63) is 192 Å². The lowest BCUT2D eigenvalue weighted by atomic mass is 9.96. The lowest BCUT2D eigenvalue weighted by Gasteiger charge is -2.30. The molecule has 262 valence electrons. The Morgan fingerprint density at radius 3 is 1.43 bits per heavy atom. The maximum absolute atomic E-state index is 2.48. The summed E-state index contributed by atoms with van der Waals surface area (Å²) in [5, 5.41) is 9.98. The molecule has 0 saturated carbocycles. The molecule has 0 aliphatic carbocycles. The van der Waals surface area contributed by atoms with Crippen molar-refractivity contribution < 1.29 is 0 Å². The van der Waals surface area contributed by atoms with Gasteiger partial charge in [0, 0.05) is 33.8 Å². The van der Waals surface area contributed by atoms with Gasteiger partial charge in [-0.2, -0.15) is 0 Å². The van der Waals surface area contributed by atoms with Crippen molar-refractivity contribution in [3.63, 3.8) is 0 Å². The summed E-state index contributed by atoms with van der Waals surface area (Å²) in [4.78, 5) is 4.93. The smallest absolute Gasteiger partial charge is 0.0546 e. The maximum Gasteiger partial charge on any atom is 0.0546 e. The summed E-state index contributed by atoms with van der Waals surface area (Å²) in [6.45, 7) is 8.88. The van der Waals surface area contributed by atoms with E-state index >= 15 is 0 Å². The van der Waals surface area contributed by atoms with Crippen molar-refractivity contribution in [2.24, 2.45) is 0 Å². The number of hydrogen-bond acceptors (Lipinski definition) is 2. The normalized spacial score (nSPS) is 11.5. The molecule has 0 radical (unpaired) electrons. The summed E-state index contributed by atoms with van der Waals surface area (Å²) in [7, 11) is 0. The van der Waals surface area contributed by atoms with E-state index in [1.54, 1.807) is 0 Å². The van der Waals surface area contributed by atoms with Crippen molar-refractivity contribution >= 4 is 77.2 Å². The lowest BCUT2D eigenvalue weighted by molar-refractivity contribution is 1.11.